The van der Waals surface area contributed by atoms with Crippen molar-refractivity contribution in [1.29, 1.82) is 0 Å². The Balaban J connectivity index is 1.46. The van der Waals surface area contributed by atoms with E-state index < -0.39 is 12.0 Å². The lowest BCUT2D eigenvalue weighted by Gasteiger charge is -2.33. The fraction of sp³-hybridized carbons (Fsp3) is 0.464. The molecule has 0 aliphatic carbocycles. The van der Waals surface area contributed by atoms with Crippen molar-refractivity contribution in [2.24, 2.45) is 0 Å². The van der Waals surface area contributed by atoms with E-state index in [2.05, 4.69) is 21.1 Å². The van der Waals surface area contributed by atoms with Crippen LogP contribution in [0.15, 0.2) is 30.5 Å². The first kappa shape index (κ1) is 25.3. The lowest BCUT2D eigenvalue weighted by molar-refractivity contribution is -0.136. The minimum Gasteiger partial charge on any atom is -0.390 e. The standard InChI is InChI=1S/C28H33F2N5O2/c1-16-11-20(15-35-27(16)31-17(2)33-35)26-22(13-24(29)30)21-12-19(5-6-23(21)32-26)18-7-9-34(10-8-18)25(36)14-28(3,4)37/h5-6,11-12,15,18,24,32,37H,7-10,13-14H2,1-4H3. The molecule has 1 amide bonds. The molecule has 1 aliphatic heterocycles. The van der Waals surface area contributed by atoms with E-state index >= 15 is 0 Å². The molecule has 4 heterocycles. The number of nitrogens with zero attached hydrogens (tertiary/aromatic N) is 4. The van der Waals surface area contributed by atoms with E-state index in [-0.39, 0.29) is 24.7 Å². The SMILES string of the molecule is Cc1nc2c(C)cc(-c3[nH]c4ccc(C5CCN(C(=O)CC(C)(C)O)CC5)cc4c3CC(F)F)cn2n1. The number of H-pyrrole nitrogens is 1. The van der Waals surface area contributed by atoms with E-state index in [1.807, 2.05) is 43.1 Å². The molecule has 0 atom stereocenters. The molecule has 0 spiro atoms. The van der Waals surface area contributed by atoms with Crippen LogP contribution in [0.25, 0.3) is 27.8 Å². The minimum absolute atomic E-state index is 0.0364. The number of pyridine rings is 1. The Morgan fingerprint density at radius 1 is 1.22 bits per heavy atom. The van der Waals surface area contributed by atoms with Crippen molar-refractivity contribution in [1.82, 2.24) is 24.5 Å². The summed E-state index contributed by atoms with van der Waals surface area (Å²) in [5.74, 6) is 0.859. The molecule has 3 aromatic heterocycles. The largest absolute Gasteiger partial charge is 0.390 e. The van der Waals surface area contributed by atoms with Crippen LogP contribution in [-0.4, -0.2) is 60.6 Å². The van der Waals surface area contributed by atoms with Gasteiger partial charge in [0, 0.05) is 42.2 Å². The van der Waals surface area contributed by atoms with Gasteiger partial charge in [-0.1, -0.05) is 6.07 Å². The molecule has 5 rings (SSSR count). The zero-order valence-corrected chi connectivity index (χ0v) is 21.7. The quantitative estimate of drug-likeness (QED) is 0.376. The highest BCUT2D eigenvalue weighted by Gasteiger charge is 2.28. The van der Waals surface area contributed by atoms with Gasteiger partial charge in [0.2, 0.25) is 12.3 Å². The summed E-state index contributed by atoms with van der Waals surface area (Å²) in [6.45, 7) is 8.29. The molecule has 7 nitrogen and oxygen atoms in total. The van der Waals surface area contributed by atoms with Crippen LogP contribution in [0.1, 0.15) is 61.5 Å². The van der Waals surface area contributed by atoms with E-state index in [1.54, 1.807) is 18.4 Å². The Labute approximate surface area is 214 Å². The molecule has 4 aromatic rings. The normalized spacial score (nSPS) is 15.4. The number of likely N-dealkylation sites (tertiary alicyclic amines) is 1. The van der Waals surface area contributed by atoms with Crippen molar-refractivity contribution in [2.45, 2.75) is 71.3 Å². The third-order valence-electron chi connectivity index (χ3n) is 7.20. The van der Waals surface area contributed by atoms with Gasteiger partial charge in [-0.05, 0) is 81.3 Å². The molecular formula is C28H33F2N5O2. The molecule has 1 fully saturated rings. The van der Waals surface area contributed by atoms with Crippen molar-refractivity contribution in [3.05, 3.63) is 53.0 Å². The fourth-order valence-corrected chi connectivity index (χ4v) is 5.47. The Hall–Kier alpha value is -3.33. The number of piperidine rings is 1. The van der Waals surface area contributed by atoms with Gasteiger partial charge < -0.3 is 15.0 Å². The number of rotatable bonds is 6. The first-order valence-corrected chi connectivity index (χ1v) is 12.8. The second-order valence-electron chi connectivity index (χ2n) is 10.9. The van der Waals surface area contributed by atoms with Gasteiger partial charge in [0.25, 0.3) is 0 Å². The lowest BCUT2D eigenvalue weighted by atomic mass is 9.88. The molecule has 1 aromatic carbocycles. The molecule has 37 heavy (non-hydrogen) atoms. The van der Waals surface area contributed by atoms with Crippen molar-refractivity contribution in [3.8, 4) is 11.3 Å². The predicted octanol–water partition coefficient (Wildman–Crippen LogP) is 5.17. The van der Waals surface area contributed by atoms with Crippen LogP contribution in [0, 0.1) is 13.8 Å². The molecule has 1 saturated heterocycles. The predicted molar refractivity (Wildman–Crippen MR) is 139 cm³/mol. The third kappa shape index (κ3) is 5.23. The number of alkyl halides is 2. The molecule has 0 unspecified atom stereocenters. The van der Waals surface area contributed by atoms with Crippen LogP contribution in [0.5, 0.6) is 0 Å². The Kier molecular flexibility index (Phi) is 6.52. The molecule has 0 saturated carbocycles. The molecular weight excluding hydrogens is 476 g/mol. The maximum Gasteiger partial charge on any atom is 0.242 e. The summed E-state index contributed by atoms with van der Waals surface area (Å²) in [6, 6.07) is 8.03. The van der Waals surface area contributed by atoms with Gasteiger partial charge in [0.15, 0.2) is 5.65 Å². The lowest BCUT2D eigenvalue weighted by Crippen LogP contribution is -2.41. The molecule has 196 valence electrons. The van der Waals surface area contributed by atoms with Crippen molar-refractivity contribution in [2.75, 3.05) is 13.1 Å². The zero-order valence-electron chi connectivity index (χ0n) is 21.7. The summed E-state index contributed by atoms with van der Waals surface area (Å²) in [6.07, 6.45) is 0.703. The Morgan fingerprint density at radius 3 is 2.62 bits per heavy atom. The first-order chi connectivity index (χ1) is 17.5. The highest BCUT2D eigenvalue weighted by Crippen LogP contribution is 2.36. The van der Waals surface area contributed by atoms with E-state index in [9.17, 15) is 18.7 Å². The van der Waals surface area contributed by atoms with Gasteiger partial charge >= 0.3 is 0 Å². The number of carbonyl (C=O) groups is 1. The smallest absolute Gasteiger partial charge is 0.242 e. The number of hydrogen-bond acceptors (Lipinski definition) is 4. The topological polar surface area (TPSA) is 86.5 Å². The van der Waals surface area contributed by atoms with Crippen LogP contribution in [0.2, 0.25) is 0 Å². The van der Waals surface area contributed by atoms with Crippen molar-refractivity contribution >= 4 is 22.5 Å². The number of aromatic amines is 1. The summed E-state index contributed by atoms with van der Waals surface area (Å²) >= 11 is 0. The van der Waals surface area contributed by atoms with Crippen LogP contribution in [-0.2, 0) is 11.2 Å². The highest BCUT2D eigenvalue weighted by molar-refractivity contribution is 5.91. The number of carbonyl (C=O) groups excluding carboxylic acids is 1. The molecule has 1 aliphatic rings. The molecule has 2 N–H and O–H groups in total. The monoisotopic (exact) mass is 509 g/mol. The van der Waals surface area contributed by atoms with Gasteiger partial charge in [-0.15, -0.1) is 0 Å². The van der Waals surface area contributed by atoms with Gasteiger partial charge in [0.05, 0.1) is 17.7 Å². The average molecular weight is 510 g/mol. The summed E-state index contributed by atoms with van der Waals surface area (Å²) in [7, 11) is 0. The van der Waals surface area contributed by atoms with E-state index in [4.69, 9.17) is 0 Å². The Bertz CT molecular complexity index is 1460. The second kappa shape index (κ2) is 9.52. The van der Waals surface area contributed by atoms with Crippen molar-refractivity contribution < 1.29 is 18.7 Å². The summed E-state index contributed by atoms with van der Waals surface area (Å²) in [4.78, 5) is 22.1. The number of fused-ring (bicyclic) bond motifs is 2. The van der Waals surface area contributed by atoms with Crippen LogP contribution in [0.3, 0.4) is 0 Å². The maximum atomic E-state index is 13.8. The third-order valence-corrected chi connectivity index (χ3v) is 7.20. The molecule has 9 heteroatoms. The first-order valence-electron chi connectivity index (χ1n) is 12.8. The van der Waals surface area contributed by atoms with Crippen molar-refractivity contribution in [3.63, 3.8) is 0 Å². The molecule has 0 bridgehead atoms. The van der Waals surface area contributed by atoms with Crippen LogP contribution in [0.4, 0.5) is 8.78 Å². The summed E-state index contributed by atoms with van der Waals surface area (Å²) in [5.41, 5.74) is 4.64. The maximum absolute atomic E-state index is 13.8. The second-order valence-corrected chi connectivity index (χ2v) is 10.9. The minimum atomic E-state index is -2.48. The van der Waals surface area contributed by atoms with Gasteiger partial charge in [-0.25, -0.2) is 18.3 Å². The number of amides is 1. The van der Waals surface area contributed by atoms with Gasteiger partial charge in [-0.2, -0.15) is 5.10 Å². The summed E-state index contributed by atoms with van der Waals surface area (Å²) in [5, 5.41) is 15.2. The van der Waals surface area contributed by atoms with E-state index in [1.165, 1.54) is 0 Å². The molecule has 0 radical (unpaired) electrons. The van der Waals surface area contributed by atoms with E-state index in [0.717, 1.165) is 46.1 Å². The van der Waals surface area contributed by atoms with Gasteiger partial charge in [-0.3, -0.25) is 4.79 Å². The zero-order chi connectivity index (χ0) is 26.5. The number of aryl methyl sites for hydroxylation is 2. The Morgan fingerprint density at radius 2 is 1.95 bits per heavy atom. The van der Waals surface area contributed by atoms with E-state index in [0.29, 0.717) is 30.2 Å². The number of aromatic nitrogens is 4. The summed E-state index contributed by atoms with van der Waals surface area (Å²) < 4.78 is 29.2. The number of aliphatic hydroxyl groups is 1. The van der Waals surface area contributed by atoms with Crippen LogP contribution < -0.4 is 0 Å². The number of nitrogens with one attached hydrogen (secondary N) is 1. The fourth-order valence-electron chi connectivity index (χ4n) is 5.47. The number of halogens is 2. The average Bonchev–Trinajstić information content (AvgIpc) is 3.37. The number of hydrogen-bond donors (Lipinski definition) is 2. The van der Waals surface area contributed by atoms with Crippen LogP contribution >= 0.6 is 0 Å². The number of benzene rings is 1. The highest BCUT2D eigenvalue weighted by atomic mass is 19.3. The van der Waals surface area contributed by atoms with Gasteiger partial charge in [0.1, 0.15) is 5.82 Å².